The van der Waals surface area contributed by atoms with Gasteiger partial charge in [-0.2, -0.15) is 0 Å². The minimum Gasteiger partial charge on any atom is -0.495 e. The molecule has 1 saturated heterocycles. The number of carboxylic acid groups (broad SMARTS) is 1. The van der Waals surface area contributed by atoms with Gasteiger partial charge < -0.3 is 24.6 Å². The molecule has 0 saturated carbocycles. The average molecular weight is 482 g/mol. The van der Waals surface area contributed by atoms with Crippen LogP contribution in [0.1, 0.15) is 42.6 Å². The lowest BCUT2D eigenvalue weighted by Crippen LogP contribution is -2.55. The maximum atomic E-state index is 11.5. The Labute approximate surface area is 198 Å². The van der Waals surface area contributed by atoms with Crippen molar-refractivity contribution in [1.82, 2.24) is 4.90 Å². The molecule has 8 heteroatoms. The van der Waals surface area contributed by atoms with Crippen LogP contribution in [0.4, 0.5) is 0 Å². The van der Waals surface area contributed by atoms with Gasteiger partial charge >= 0.3 is 5.97 Å². The molecule has 1 aliphatic heterocycles. The minimum atomic E-state index is -1.11. The quantitative estimate of drug-likeness (QED) is 0.511. The number of rotatable bonds is 8. The van der Waals surface area contributed by atoms with Gasteiger partial charge in [-0.25, -0.2) is 4.79 Å². The SMILES string of the molecule is COc1cc(OCCCN2CCC(O)(c3ccc(Cl)cc3)C(C)(C)C2)c(C(=O)O)cc1Cl. The highest BCUT2D eigenvalue weighted by Crippen LogP contribution is 2.46. The lowest BCUT2D eigenvalue weighted by atomic mass is 9.66. The van der Waals surface area contributed by atoms with Crippen LogP contribution in [0.25, 0.3) is 0 Å². The van der Waals surface area contributed by atoms with Crippen LogP contribution in [0.3, 0.4) is 0 Å². The topological polar surface area (TPSA) is 79.2 Å². The van der Waals surface area contributed by atoms with Gasteiger partial charge in [0.15, 0.2) is 0 Å². The second kappa shape index (κ2) is 9.87. The second-order valence-electron chi connectivity index (χ2n) is 8.77. The van der Waals surface area contributed by atoms with Crippen LogP contribution < -0.4 is 9.47 Å². The summed E-state index contributed by atoms with van der Waals surface area (Å²) >= 11 is 12.0. The number of aliphatic hydroxyl groups is 1. The summed E-state index contributed by atoms with van der Waals surface area (Å²) < 4.78 is 10.9. The fourth-order valence-corrected chi connectivity index (χ4v) is 4.69. The minimum absolute atomic E-state index is 0.00272. The highest BCUT2D eigenvalue weighted by atomic mass is 35.5. The van der Waals surface area contributed by atoms with Crippen molar-refractivity contribution in [3.63, 3.8) is 0 Å². The molecule has 0 spiro atoms. The van der Waals surface area contributed by atoms with Crippen LogP contribution >= 0.6 is 23.2 Å². The number of ether oxygens (including phenoxy) is 2. The molecule has 0 amide bonds. The largest absolute Gasteiger partial charge is 0.495 e. The Hall–Kier alpha value is -1.99. The number of carboxylic acids is 1. The predicted octanol–water partition coefficient (Wildman–Crippen LogP) is 5.09. The Kier molecular flexibility index (Phi) is 7.61. The lowest BCUT2D eigenvalue weighted by Gasteiger charge is -2.50. The van der Waals surface area contributed by atoms with Gasteiger partial charge in [-0.15, -0.1) is 0 Å². The Morgan fingerprint density at radius 1 is 1.16 bits per heavy atom. The van der Waals surface area contributed by atoms with Crippen molar-refractivity contribution >= 4 is 29.2 Å². The first-order chi connectivity index (χ1) is 15.1. The molecule has 2 aromatic carbocycles. The van der Waals surface area contributed by atoms with Crippen LogP contribution in [-0.4, -0.2) is 54.4 Å². The molecule has 2 aromatic rings. The molecule has 1 heterocycles. The Balaban J connectivity index is 1.58. The summed E-state index contributed by atoms with van der Waals surface area (Å²) in [6.07, 6.45) is 1.32. The highest BCUT2D eigenvalue weighted by Gasteiger charge is 2.48. The van der Waals surface area contributed by atoms with Gasteiger partial charge in [0.2, 0.25) is 0 Å². The third kappa shape index (κ3) is 5.15. The first kappa shape index (κ1) is 24.6. The molecule has 0 bridgehead atoms. The molecule has 1 atom stereocenters. The van der Waals surface area contributed by atoms with Crippen molar-refractivity contribution in [2.75, 3.05) is 33.4 Å². The molecule has 0 aromatic heterocycles. The number of benzene rings is 2. The van der Waals surface area contributed by atoms with E-state index in [0.717, 1.165) is 25.2 Å². The van der Waals surface area contributed by atoms with E-state index in [4.69, 9.17) is 32.7 Å². The molecular formula is C24H29Cl2NO5. The zero-order valence-corrected chi connectivity index (χ0v) is 20.0. The molecule has 1 fully saturated rings. The molecule has 0 aliphatic carbocycles. The molecule has 0 radical (unpaired) electrons. The Morgan fingerprint density at radius 3 is 2.44 bits per heavy atom. The van der Waals surface area contributed by atoms with Crippen LogP contribution in [0.2, 0.25) is 10.0 Å². The summed E-state index contributed by atoms with van der Waals surface area (Å²) in [7, 11) is 1.47. The molecular weight excluding hydrogens is 453 g/mol. The monoisotopic (exact) mass is 481 g/mol. The molecule has 2 N–H and O–H groups in total. The van der Waals surface area contributed by atoms with Gasteiger partial charge in [0.05, 0.1) is 24.3 Å². The van der Waals surface area contributed by atoms with Crippen molar-refractivity contribution in [2.24, 2.45) is 5.41 Å². The van der Waals surface area contributed by atoms with E-state index in [0.29, 0.717) is 30.2 Å². The number of hydrogen-bond donors (Lipinski definition) is 2. The fourth-order valence-electron chi connectivity index (χ4n) is 4.33. The van der Waals surface area contributed by atoms with Crippen molar-refractivity contribution in [3.8, 4) is 11.5 Å². The van der Waals surface area contributed by atoms with Gasteiger partial charge in [-0.3, -0.25) is 0 Å². The fraction of sp³-hybridized carbons (Fsp3) is 0.458. The summed E-state index contributed by atoms with van der Waals surface area (Å²) in [6, 6.07) is 10.3. The van der Waals surface area contributed by atoms with Crippen LogP contribution in [0, 0.1) is 5.41 Å². The van der Waals surface area contributed by atoms with Gasteiger partial charge in [-0.05, 0) is 36.6 Å². The van der Waals surface area contributed by atoms with E-state index in [1.54, 1.807) is 0 Å². The van der Waals surface area contributed by atoms with Crippen molar-refractivity contribution in [3.05, 3.63) is 57.6 Å². The van der Waals surface area contributed by atoms with Gasteiger partial charge in [0, 0.05) is 36.1 Å². The third-order valence-electron chi connectivity index (χ3n) is 6.21. The summed E-state index contributed by atoms with van der Waals surface area (Å²) in [5, 5.41) is 21.8. The smallest absolute Gasteiger partial charge is 0.339 e. The molecule has 32 heavy (non-hydrogen) atoms. The predicted molar refractivity (Wildman–Crippen MR) is 125 cm³/mol. The first-order valence-electron chi connectivity index (χ1n) is 10.5. The zero-order chi connectivity index (χ0) is 23.5. The maximum Gasteiger partial charge on any atom is 0.339 e. The number of piperidine rings is 1. The van der Waals surface area contributed by atoms with E-state index >= 15 is 0 Å². The lowest BCUT2D eigenvalue weighted by molar-refractivity contribution is -0.125. The number of hydrogen-bond acceptors (Lipinski definition) is 5. The summed E-state index contributed by atoms with van der Waals surface area (Å²) in [5.41, 5.74) is -0.406. The standard InChI is InChI=1S/C24H29Cl2NO5/c1-23(2)15-27(11-9-24(23,30)16-5-7-17(25)8-6-16)10-4-12-32-20-14-21(31-3)19(26)13-18(20)22(28)29/h5-8,13-14,30H,4,9-12,15H2,1-3H3,(H,28,29). The second-order valence-corrected chi connectivity index (χ2v) is 9.61. The molecule has 6 nitrogen and oxygen atoms in total. The van der Waals surface area contributed by atoms with E-state index in [-0.39, 0.29) is 21.8 Å². The van der Waals surface area contributed by atoms with E-state index in [1.165, 1.54) is 19.2 Å². The van der Waals surface area contributed by atoms with Gasteiger partial charge in [0.25, 0.3) is 0 Å². The molecule has 3 rings (SSSR count). The van der Waals surface area contributed by atoms with Crippen molar-refractivity contribution in [2.45, 2.75) is 32.3 Å². The summed E-state index contributed by atoms with van der Waals surface area (Å²) in [6.45, 7) is 6.74. The maximum absolute atomic E-state index is 11.5. The molecule has 174 valence electrons. The van der Waals surface area contributed by atoms with Crippen LogP contribution in [-0.2, 0) is 5.60 Å². The summed E-state index contributed by atoms with van der Waals surface area (Å²) in [4.78, 5) is 13.8. The first-order valence-corrected chi connectivity index (χ1v) is 11.3. The Morgan fingerprint density at radius 2 is 1.84 bits per heavy atom. The van der Waals surface area contributed by atoms with E-state index < -0.39 is 11.6 Å². The number of halogens is 2. The number of likely N-dealkylation sites (tertiary alicyclic amines) is 1. The summed E-state index contributed by atoms with van der Waals surface area (Å²) in [5.74, 6) is -0.510. The van der Waals surface area contributed by atoms with Crippen LogP contribution in [0.15, 0.2) is 36.4 Å². The van der Waals surface area contributed by atoms with Gasteiger partial charge in [-0.1, -0.05) is 49.2 Å². The van der Waals surface area contributed by atoms with E-state index in [9.17, 15) is 15.0 Å². The van der Waals surface area contributed by atoms with Gasteiger partial charge in [0.1, 0.15) is 17.1 Å². The van der Waals surface area contributed by atoms with Crippen molar-refractivity contribution < 1.29 is 24.5 Å². The van der Waals surface area contributed by atoms with Crippen molar-refractivity contribution in [1.29, 1.82) is 0 Å². The molecule has 1 unspecified atom stereocenters. The number of carbonyl (C=O) groups is 1. The average Bonchev–Trinajstić information content (AvgIpc) is 2.74. The number of aromatic carboxylic acids is 1. The van der Waals surface area contributed by atoms with E-state index in [2.05, 4.69) is 18.7 Å². The highest BCUT2D eigenvalue weighted by molar-refractivity contribution is 6.32. The Bertz CT molecular complexity index is 964. The zero-order valence-electron chi connectivity index (χ0n) is 18.5. The number of methoxy groups -OCH3 is 1. The normalized spacial score (nSPS) is 20.7. The number of nitrogens with zero attached hydrogens (tertiary/aromatic N) is 1. The van der Waals surface area contributed by atoms with Crippen LogP contribution in [0.5, 0.6) is 11.5 Å². The molecule has 1 aliphatic rings. The third-order valence-corrected chi connectivity index (χ3v) is 6.76. The van der Waals surface area contributed by atoms with E-state index in [1.807, 2.05) is 24.3 Å².